The van der Waals surface area contributed by atoms with Crippen LogP contribution in [0.4, 0.5) is 17.1 Å². The molecular weight excluding hydrogens is 615 g/mol. The first kappa shape index (κ1) is 32.3. The lowest BCUT2D eigenvalue weighted by Crippen LogP contribution is -2.23. The van der Waals surface area contributed by atoms with Crippen LogP contribution in [0.2, 0.25) is 0 Å². The van der Waals surface area contributed by atoms with Gasteiger partial charge in [-0.25, -0.2) is 0 Å². The maximum atomic E-state index is 2.45. The third-order valence-electron chi connectivity index (χ3n) is 10.9. The first-order valence-corrected chi connectivity index (χ1v) is 18.2. The van der Waals surface area contributed by atoms with Crippen molar-refractivity contribution >= 4 is 29.2 Å². The van der Waals surface area contributed by atoms with E-state index in [1.807, 2.05) is 0 Å². The molecule has 0 amide bonds. The van der Waals surface area contributed by atoms with Crippen LogP contribution in [0, 0.1) is 6.92 Å². The second kappa shape index (κ2) is 13.8. The molecule has 0 saturated carbocycles. The molecule has 0 radical (unpaired) electrons. The van der Waals surface area contributed by atoms with Gasteiger partial charge < -0.3 is 4.90 Å². The van der Waals surface area contributed by atoms with Crippen molar-refractivity contribution in [3.8, 4) is 33.4 Å². The van der Waals surface area contributed by atoms with Crippen molar-refractivity contribution in [2.45, 2.75) is 39.0 Å². The molecule has 7 aromatic rings. The van der Waals surface area contributed by atoms with E-state index in [4.69, 9.17) is 0 Å². The van der Waals surface area contributed by atoms with Crippen LogP contribution in [-0.4, -0.2) is 0 Å². The molecule has 1 heteroatoms. The minimum atomic E-state index is -0.0425. The Balaban J connectivity index is 1.08. The largest absolute Gasteiger partial charge is 0.310 e. The summed E-state index contributed by atoms with van der Waals surface area (Å²) in [6.45, 7) is 6.90. The average Bonchev–Trinajstić information content (AvgIpc) is 3.47. The lowest BCUT2D eigenvalue weighted by atomic mass is 9.73. The number of rotatable bonds is 9. The molecule has 0 unspecified atom stereocenters. The molecule has 0 aromatic heterocycles. The molecule has 248 valence electrons. The van der Waals surface area contributed by atoms with Crippen molar-refractivity contribution in [3.63, 3.8) is 0 Å². The normalized spacial score (nSPS) is 12.8. The maximum Gasteiger partial charge on any atom is 0.0465 e. The molecule has 0 aliphatic heterocycles. The molecule has 0 spiro atoms. The van der Waals surface area contributed by atoms with E-state index >= 15 is 0 Å². The van der Waals surface area contributed by atoms with Crippen molar-refractivity contribution in [3.05, 3.63) is 198 Å². The van der Waals surface area contributed by atoms with Crippen molar-refractivity contribution in [2.24, 2.45) is 0 Å². The van der Waals surface area contributed by atoms with Gasteiger partial charge in [-0.1, -0.05) is 159 Å². The van der Waals surface area contributed by atoms with E-state index < -0.39 is 0 Å². The summed E-state index contributed by atoms with van der Waals surface area (Å²) in [6.07, 6.45) is 6.61. The average molecular weight is 658 g/mol. The fraction of sp³-hybridized carbons (Fsp3) is 0.120. The molecule has 0 fully saturated rings. The van der Waals surface area contributed by atoms with E-state index in [-0.39, 0.29) is 5.41 Å². The topological polar surface area (TPSA) is 3.24 Å². The Bertz CT molecular complexity index is 2270. The summed E-state index contributed by atoms with van der Waals surface area (Å²) in [5.41, 5.74) is 17.8. The molecule has 0 heterocycles. The van der Waals surface area contributed by atoms with Gasteiger partial charge in [-0.05, 0) is 117 Å². The van der Waals surface area contributed by atoms with Crippen LogP contribution in [0.5, 0.6) is 0 Å². The van der Waals surface area contributed by atoms with Crippen LogP contribution in [0.25, 0.3) is 45.5 Å². The van der Waals surface area contributed by atoms with Crippen molar-refractivity contribution in [2.75, 3.05) is 4.90 Å². The highest BCUT2D eigenvalue weighted by Crippen LogP contribution is 2.54. The highest BCUT2D eigenvalue weighted by molar-refractivity contribution is 5.87. The van der Waals surface area contributed by atoms with Crippen LogP contribution in [0.3, 0.4) is 0 Å². The summed E-state index contributed by atoms with van der Waals surface area (Å²) in [4.78, 5) is 2.37. The lowest BCUT2D eigenvalue weighted by Gasteiger charge is -2.32. The van der Waals surface area contributed by atoms with Crippen molar-refractivity contribution in [1.82, 2.24) is 0 Å². The molecule has 0 atom stereocenters. The number of fused-ring (bicyclic) bond motifs is 3. The third-order valence-corrected chi connectivity index (χ3v) is 10.9. The Morgan fingerprint density at radius 3 is 1.55 bits per heavy atom. The Labute approximate surface area is 303 Å². The molecule has 0 saturated heterocycles. The summed E-state index contributed by atoms with van der Waals surface area (Å²) in [7, 11) is 0. The van der Waals surface area contributed by atoms with Crippen LogP contribution < -0.4 is 4.90 Å². The zero-order valence-corrected chi connectivity index (χ0v) is 29.7. The zero-order chi connectivity index (χ0) is 34.8. The molecule has 8 rings (SSSR count). The predicted octanol–water partition coefficient (Wildman–Crippen LogP) is 14.1. The van der Waals surface area contributed by atoms with Gasteiger partial charge in [-0.2, -0.15) is 0 Å². The number of benzene rings is 7. The van der Waals surface area contributed by atoms with E-state index in [1.165, 1.54) is 66.9 Å². The van der Waals surface area contributed by atoms with Gasteiger partial charge in [0.2, 0.25) is 0 Å². The van der Waals surface area contributed by atoms with Gasteiger partial charge in [-0.3, -0.25) is 0 Å². The minimum Gasteiger partial charge on any atom is -0.310 e. The Kier molecular flexibility index (Phi) is 8.72. The number of nitrogens with zero attached hydrogens (tertiary/aromatic N) is 1. The molecule has 1 nitrogen and oxygen atoms in total. The summed E-state index contributed by atoms with van der Waals surface area (Å²) >= 11 is 0. The second-order valence-corrected chi connectivity index (χ2v) is 13.7. The van der Waals surface area contributed by atoms with Gasteiger partial charge in [0.15, 0.2) is 0 Å². The van der Waals surface area contributed by atoms with Gasteiger partial charge in [0.05, 0.1) is 0 Å². The number of para-hydroxylation sites is 2. The van der Waals surface area contributed by atoms with Crippen LogP contribution >= 0.6 is 0 Å². The second-order valence-electron chi connectivity index (χ2n) is 13.7. The van der Waals surface area contributed by atoms with Crippen LogP contribution in [0.15, 0.2) is 170 Å². The molecule has 51 heavy (non-hydrogen) atoms. The summed E-state index contributed by atoms with van der Waals surface area (Å²) in [5, 5.41) is 0. The van der Waals surface area contributed by atoms with Gasteiger partial charge in [0.1, 0.15) is 0 Å². The number of anilines is 3. The third kappa shape index (κ3) is 6.00. The molecule has 0 bridgehead atoms. The van der Waals surface area contributed by atoms with E-state index in [0.717, 1.165) is 24.2 Å². The summed E-state index contributed by atoms with van der Waals surface area (Å²) in [6, 6.07) is 61.9. The van der Waals surface area contributed by atoms with E-state index in [0.29, 0.717) is 0 Å². The molecular formula is C50H43N. The Hall–Kier alpha value is -5.92. The standard InChI is InChI=1S/C50H43N/c1-4-50(5-2)48-34-38(22-21-37-23-26-40(27-24-37)45-31-28-41(33-36(45)3)39-15-9-6-10-16-39)25-30-46(48)47-32-29-44(35-49(47)50)51(42-17-11-7-12-18-42)43-19-13-8-14-20-43/h6-35H,4-5H2,1-3H3/b22-21+. The maximum absolute atomic E-state index is 2.45. The smallest absolute Gasteiger partial charge is 0.0465 e. The molecule has 7 aromatic carbocycles. The predicted molar refractivity (Wildman–Crippen MR) is 219 cm³/mol. The minimum absolute atomic E-state index is 0.0425. The highest BCUT2D eigenvalue weighted by Gasteiger charge is 2.41. The van der Waals surface area contributed by atoms with Crippen LogP contribution in [-0.2, 0) is 5.41 Å². The molecule has 1 aliphatic carbocycles. The number of hydrogen-bond donors (Lipinski definition) is 0. The zero-order valence-electron chi connectivity index (χ0n) is 29.7. The Morgan fingerprint density at radius 2 is 0.941 bits per heavy atom. The van der Waals surface area contributed by atoms with Gasteiger partial charge in [0, 0.05) is 22.5 Å². The fourth-order valence-corrected chi connectivity index (χ4v) is 8.12. The molecule has 1 aliphatic rings. The quantitative estimate of drug-likeness (QED) is 0.140. The van der Waals surface area contributed by atoms with Crippen molar-refractivity contribution in [1.29, 1.82) is 0 Å². The number of aryl methyl sites for hydroxylation is 1. The van der Waals surface area contributed by atoms with Gasteiger partial charge >= 0.3 is 0 Å². The van der Waals surface area contributed by atoms with Crippen molar-refractivity contribution < 1.29 is 0 Å². The van der Waals surface area contributed by atoms with E-state index in [2.05, 4.69) is 208 Å². The van der Waals surface area contributed by atoms with E-state index in [1.54, 1.807) is 0 Å². The van der Waals surface area contributed by atoms with Gasteiger partial charge in [-0.15, -0.1) is 0 Å². The summed E-state index contributed by atoms with van der Waals surface area (Å²) < 4.78 is 0. The first-order valence-electron chi connectivity index (χ1n) is 18.2. The van der Waals surface area contributed by atoms with Crippen LogP contribution in [0.1, 0.15) is 54.5 Å². The SMILES string of the molecule is CCC1(CC)c2cc(/C=C/c3ccc(-c4ccc(-c5ccccc5)cc4C)cc3)ccc2-c2ccc(N(c3ccccc3)c3ccccc3)cc21. The number of hydrogen-bond acceptors (Lipinski definition) is 1. The van der Waals surface area contributed by atoms with E-state index in [9.17, 15) is 0 Å². The fourth-order valence-electron chi connectivity index (χ4n) is 8.12. The summed E-state index contributed by atoms with van der Waals surface area (Å²) in [5.74, 6) is 0. The monoisotopic (exact) mass is 657 g/mol. The lowest BCUT2D eigenvalue weighted by molar-refractivity contribution is 0.490. The Morgan fingerprint density at radius 1 is 0.431 bits per heavy atom. The molecule has 0 N–H and O–H groups in total. The van der Waals surface area contributed by atoms with Gasteiger partial charge in [0.25, 0.3) is 0 Å². The highest BCUT2D eigenvalue weighted by atomic mass is 15.1. The first-order chi connectivity index (χ1) is 25.1.